The number of carbonyl (C=O) groups is 19. The van der Waals surface area contributed by atoms with E-state index in [1.807, 2.05) is 0 Å². The molecule has 35 N–H and O–H groups in total. The number of thiol groups is 1. The zero-order valence-corrected chi connectivity index (χ0v) is 81.3. The molecule has 0 aliphatic carbocycles. The van der Waals surface area contributed by atoms with E-state index in [1.54, 1.807) is 91.4 Å². The molecule has 4 aromatic heterocycles. The summed E-state index contributed by atoms with van der Waals surface area (Å²) in [7, 11) is 0. The van der Waals surface area contributed by atoms with Crippen molar-refractivity contribution in [1.82, 2.24) is 126 Å². The van der Waals surface area contributed by atoms with Crippen molar-refractivity contribution in [3.05, 3.63) is 126 Å². The third kappa shape index (κ3) is 35.1. The van der Waals surface area contributed by atoms with Crippen molar-refractivity contribution in [2.45, 2.75) is 214 Å². The van der Waals surface area contributed by atoms with Crippen LogP contribution in [-0.2, 0) is 117 Å². The second kappa shape index (κ2) is 57.8. The fourth-order valence-electron chi connectivity index (χ4n) is 15.8. The van der Waals surface area contributed by atoms with Gasteiger partial charge in [-0.05, 0) is 133 Å². The van der Waals surface area contributed by atoms with Gasteiger partial charge in [0.25, 0.3) is 0 Å². The Kier molecular flexibility index (Phi) is 45.9. The Labute approximate surface area is 837 Å². The molecule has 1 aliphatic rings. The number of nitrogens with zero attached hydrogens (tertiary/aromatic N) is 2. The summed E-state index contributed by atoms with van der Waals surface area (Å²) in [6.45, 7) is -0.297. The van der Waals surface area contributed by atoms with E-state index in [9.17, 15) is 102 Å². The van der Waals surface area contributed by atoms with Gasteiger partial charge in [-0.15, -0.1) is 0 Å². The molecular formula is C92H131N29O23S. The van der Waals surface area contributed by atoms with Gasteiger partial charge in [0, 0.05) is 115 Å². The van der Waals surface area contributed by atoms with Gasteiger partial charge in [-0.3, -0.25) is 96.5 Å². The number of nitrogens with one attached hydrogen (secondary N) is 23. The van der Waals surface area contributed by atoms with Gasteiger partial charge in [-0.25, -0.2) is 4.98 Å². The molecule has 788 valence electrons. The van der Waals surface area contributed by atoms with Gasteiger partial charge in [0.2, 0.25) is 112 Å². The number of H-pyrrole nitrogens is 4. The van der Waals surface area contributed by atoms with Crippen LogP contribution >= 0.6 is 12.6 Å². The number of para-hydroxylation sites is 3. The van der Waals surface area contributed by atoms with Crippen molar-refractivity contribution in [3.8, 4) is 0 Å². The number of carbonyl (C=O) groups excluding carboxylic acids is 19. The minimum atomic E-state index is -1.91. The number of benzene rings is 3. The van der Waals surface area contributed by atoms with E-state index in [2.05, 4.69) is 133 Å². The number of rotatable bonds is 60. The highest BCUT2D eigenvalue weighted by Crippen LogP contribution is 2.25. The number of amides is 19. The molecule has 52 nitrogen and oxygen atoms in total. The van der Waals surface area contributed by atoms with Gasteiger partial charge >= 0.3 is 0 Å². The zero-order chi connectivity index (χ0) is 106. The minimum Gasteiger partial charge on any atom is -0.394 e. The molecule has 16 atom stereocenters. The number of unbranched alkanes of at least 4 members (excludes halogenated alkanes) is 2. The summed E-state index contributed by atoms with van der Waals surface area (Å²) in [4.78, 5) is 280. The second-order valence-electron chi connectivity index (χ2n) is 34.7. The number of aromatic amines is 4. The smallest absolute Gasteiger partial charge is 0.248 e. The van der Waals surface area contributed by atoms with E-state index in [1.165, 1.54) is 40.2 Å². The molecule has 1 aliphatic heterocycles. The van der Waals surface area contributed by atoms with Crippen LogP contribution in [-0.4, -0.2) is 337 Å². The Hall–Kier alpha value is -15.2. The van der Waals surface area contributed by atoms with Gasteiger partial charge in [-0.2, -0.15) is 12.6 Å². The Morgan fingerprint density at radius 2 is 0.779 bits per heavy atom. The van der Waals surface area contributed by atoms with Crippen LogP contribution < -0.4 is 119 Å². The number of fused-ring (bicyclic) bond motifs is 3. The zero-order valence-electron chi connectivity index (χ0n) is 80.4. The molecule has 1 saturated heterocycles. The first-order valence-corrected chi connectivity index (χ1v) is 47.8. The fraction of sp³-hybridized carbons (Fsp3) is 0.489. The molecule has 0 saturated carbocycles. The quantitative estimate of drug-likeness (QED) is 0.00728. The van der Waals surface area contributed by atoms with Crippen LogP contribution in [0.25, 0.3) is 32.7 Å². The Morgan fingerprint density at radius 3 is 1.21 bits per heavy atom. The molecule has 0 spiro atoms. The van der Waals surface area contributed by atoms with E-state index in [-0.39, 0.29) is 94.8 Å². The summed E-state index contributed by atoms with van der Waals surface area (Å²) in [6, 6.07) is -3.55. The van der Waals surface area contributed by atoms with Gasteiger partial charge in [-0.1, -0.05) is 54.6 Å². The number of aliphatic hydroxyl groups excluding tert-OH is 4. The lowest BCUT2D eigenvalue weighted by Crippen LogP contribution is -2.62. The van der Waals surface area contributed by atoms with Gasteiger partial charge < -0.3 is 164 Å². The summed E-state index contributed by atoms with van der Waals surface area (Å²) in [5, 5.41) is 96.4. The third-order valence-electron chi connectivity index (χ3n) is 23.7. The highest BCUT2D eigenvalue weighted by molar-refractivity contribution is 7.80. The first-order valence-electron chi connectivity index (χ1n) is 47.1. The van der Waals surface area contributed by atoms with Crippen molar-refractivity contribution < 1.29 is 112 Å². The van der Waals surface area contributed by atoms with Crippen molar-refractivity contribution in [2.24, 2.45) is 22.9 Å². The monoisotopic (exact) mass is 2040 g/mol. The normalized spacial score (nSPS) is 15.4. The number of aromatic nitrogens is 5. The molecular weight excluding hydrogens is 1910 g/mol. The highest BCUT2D eigenvalue weighted by Gasteiger charge is 2.43. The van der Waals surface area contributed by atoms with Crippen molar-refractivity contribution in [3.63, 3.8) is 0 Å². The van der Waals surface area contributed by atoms with Crippen LogP contribution in [0.1, 0.15) is 114 Å². The molecule has 145 heavy (non-hydrogen) atoms. The standard InChI is InChI=1S/C92H131N29O23S/c1-47(106-78(131)48(2)107-80(133)62(24-12-14-28-94)111-79(132)49(3)108-81(134)63(25-15-29-99-92(96)97)112-82(135)61(109-50(4)126)23-11-13-27-93)77(130)104-39-74(127)103-40-75(128)110-64(31-51-35-100-58-20-8-5-17-55(51)58)83(136)116-68(41-122)87(140)114-67(34-54-38-98-46-105-54)86(139)113-65(32-52-36-101-59-21-9-6-18-56(52)59)85(138)119-71(44-125)91(144)121-30-16-26-73(121)90(143)115-66(33-53-37-102-60-22-10-7-19-57(53)60)84(137)117-69(42-123)88(141)118-70(43-124)89(142)120-72(45-145)76(95)129/h5-10,17-22,35-38,46-49,61-73,100-102,122-125,145H,11-16,23-34,39-45,93-94H2,1-4H3,(H2,95,129)(H,98,105)(H,103,127)(H,104,130)(H,106,131)(H,107,133)(H,108,134)(H,109,126)(H,110,128)(H,111,132)(H,112,135)(H,113,139)(H,114,140)(H,115,143)(H,116,136)(H,117,137)(H,118,141)(H,119,138)(H,120,142)(H4,96,97,99)/t47-,48-,49-,61-,62-,63-,64-,65-,66-,67-,68-,69-,70-,71-,72-,73-/m0/s1. The number of likely N-dealkylation sites (tertiary alicyclic amines) is 1. The summed E-state index contributed by atoms with van der Waals surface area (Å²) in [5.41, 5.74) is 25.6. The number of primary amides is 1. The number of aliphatic hydroxyl groups is 4. The van der Waals surface area contributed by atoms with E-state index in [0.29, 0.717) is 81.6 Å². The van der Waals surface area contributed by atoms with E-state index in [4.69, 9.17) is 28.3 Å². The third-order valence-corrected chi connectivity index (χ3v) is 24.1. The molecule has 53 heteroatoms. The largest absolute Gasteiger partial charge is 0.394 e. The fourth-order valence-corrected chi connectivity index (χ4v) is 16.0. The number of hydrogen-bond donors (Lipinski definition) is 32. The first-order chi connectivity index (χ1) is 69.3. The Morgan fingerprint density at radius 1 is 0.414 bits per heavy atom. The summed E-state index contributed by atoms with van der Waals surface area (Å²) < 4.78 is 0. The summed E-state index contributed by atoms with van der Waals surface area (Å²) in [6.07, 6.45) is 8.26. The lowest BCUT2D eigenvalue weighted by molar-refractivity contribution is -0.143. The maximum Gasteiger partial charge on any atom is 0.248 e. The minimum absolute atomic E-state index is 0.00826. The first kappa shape index (κ1) is 115. The van der Waals surface area contributed by atoms with Crippen molar-refractivity contribution in [1.29, 1.82) is 5.41 Å². The molecule has 8 rings (SSSR count). The predicted octanol–water partition coefficient (Wildman–Crippen LogP) is -9.40. The average Bonchev–Trinajstić information content (AvgIpc) is 1.70. The molecule has 0 bridgehead atoms. The molecule has 0 radical (unpaired) electrons. The molecule has 0 unspecified atom stereocenters. The number of imidazole rings is 1. The molecule has 1 fully saturated rings. The Bertz CT molecular complexity index is 5680. The molecule has 19 amide bonds. The van der Waals surface area contributed by atoms with Crippen LogP contribution in [0.2, 0.25) is 0 Å². The summed E-state index contributed by atoms with van der Waals surface area (Å²) in [5.74, 6) is -18.6. The van der Waals surface area contributed by atoms with Crippen LogP contribution in [0.3, 0.4) is 0 Å². The van der Waals surface area contributed by atoms with E-state index < -0.39 is 255 Å². The van der Waals surface area contributed by atoms with Crippen molar-refractivity contribution in [2.75, 3.05) is 71.4 Å². The number of hydrogen-bond acceptors (Lipinski definition) is 28. The molecule has 7 aromatic rings. The van der Waals surface area contributed by atoms with E-state index in [0.717, 1.165) is 4.90 Å². The van der Waals surface area contributed by atoms with Gasteiger partial charge in [0.1, 0.15) is 96.7 Å². The maximum absolute atomic E-state index is 15.1. The predicted molar refractivity (Wildman–Crippen MR) is 527 cm³/mol. The van der Waals surface area contributed by atoms with Gasteiger partial charge in [0.15, 0.2) is 5.96 Å². The number of guanidine groups is 1. The van der Waals surface area contributed by atoms with Crippen LogP contribution in [0, 0.1) is 5.41 Å². The SMILES string of the molecule is CC(=O)N[C@@H](CCCCN)C(=O)N[C@@H](CCCNC(=N)N)C(=O)N[C@@H](C)C(=O)N[C@@H](CCCCN)C(=O)N[C@@H](C)C(=O)N[C@@H](C)C(=O)NCC(=O)NCC(=O)N[C@@H](Cc1c[nH]c2ccccc12)C(=O)N[C@@H](CO)C(=O)N[C@@H](Cc1cnc[nH]1)C(=O)N[C@@H](Cc1c[nH]c2ccccc12)C(=O)N[C@@H](CO)C(=O)N1CCC[C@H]1C(=O)N[C@@H](Cc1c[nH]c2ccccc12)C(=O)N[C@@H](CO)C(=O)N[C@@H](CO)C(=O)N[C@@H](CS)C(N)=O. The maximum atomic E-state index is 15.1. The average molecular weight is 2040 g/mol. The highest BCUT2D eigenvalue weighted by atomic mass is 32.1. The second-order valence-corrected chi connectivity index (χ2v) is 35.1. The number of nitrogens with two attached hydrogens (primary N) is 4. The van der Waals surface area contributed by atoms with Crippen LogP contribution in [0.5, 0.6) is 0 Å². The Balaban J connectivity index is 0.899. The van der Waals surface area contributed by atoms with Crippen LogP contribution in [0.4, 0.5) is 0 Å². The van der Waals surface area contributed by atoms with Gasteiger partial charge in [0.05, 0.1) is 45.8 Å². The lowest BCUT2D eigenvalue weighted by atomic mass is 10.0. The molecule has 3 aromatic carbocycles. The van der Waals surface area contributed by atoms with Crippen molar-refractivity contribution >= 4 is 164 Å². The van der Waals surface area contributed by atoms with Crippen LogP contribution in [0.15, 0.2) is 104 Å². The topological polar surface area (TPSA) is 829 Å². The summed E-state index contributed by atoms with van der Waals surface area (Å²) >= 11 is 3.98. The molecule has 5 heterocycles. The van der Waals surface area contributed by atoms with E-state index >= 15 is 9.59 Å². The lowest BCUT2D eigenvalue weighted by Gasteiger charge is -2.30.